The van der Waals surface area contributed by atoms with Crippen molar-refractivity contribution in [3.8, 4) is 0 Å². The van der Waals surface area contributed by atoms with Crippen molar-refractivity contribution in [1.82, 2.24) is 9.47 Å². The molecule has 1 aromatic carbocycles. The van der Waals surface area contributed by atoms with Crippen LogP contribution >= 0.6 is 0 Å². The second-order valence-corrected chi connectivity index (χ2v) is 5.77. The van der Waals surface area contributed by atoms with Crippen LogP contribution < -0.4 is 0 Å². The summed E-state index contributed by atoms with van der Waals surface area (Å²) in [6, 6.07) is 8.83. The number of aryl methyl sites for hydroxylation is 1. The number of likely N-dealkylation sites (N-methyl/N-ethyl adjacent to an activating group) is 1. The lowest BCUT2D eigenvalue weighted by atomic mass is 10.1. The molecule has 2 aromatic rings. The van der Waals surface area contributed by atoms with Crippen LogP contribution in [0, 0.1) is 0 Å². The zero-order valence-electron chi connectivity index (χ0n) is 13.2. The highest BCUT2D eigenvalue weighted by Gasteiger charge is 2.08. The molecule has 0 radical (unpaired) electrons. The number of hydrogen-bond acceptors (Lipinski definition) is 1. The maximum Gasteiger partial charge on any atom is 0.0483 e. The van der Waals surface area contributed by atoms with Crippen LogP contribution in [0.2, 0.25) is 0 Å². The largest absolute Gasteiger partial charge is 0.347 e. The average Bonchev–Trinajstić information content (AvgIpc) is 2.82. The minimum absolute atomic E-state index is 1.14. The molecule has 2 heteroatoms. The second kappa shape index (κ2) is 7.49. The fraction of sp³-hybridized carbons (Fsp3) is 0.556. The van der Waals surface area contributed by atoms with E-state index in [-0.39, 0.29) is 0 Å². The Kier molecular flexibility index (Phi) is 5.66. The summed E-state index contributed by atoms with van der Waals surface area (Å²) < 4.78 is 2.44. The van der Waals surface area contributed by atoms with Gasteiger partial charge < -0.3 is 9.47 Å². The SMILES string of the molecule is CCCCn1cc(CCN(C)CCC)c2ccccc21. The van der Waals surface area contributed by atoms with Gasteiger partial charge in [-0.1, -0.05) is 38.5 Å². The number of rotatable bonds is 8. The maximum absolute atomic E-state index is 2.44. The van der Waals surface area contributed by atoms with Gasteiger partial charge >= 0.3 is 0 Å². The van der Waals surface area contributed by atoms with E-state index in [2.05, 4.69) is 60.8 Å². The van der Waals surface area contributed by atoms with E-state index in [1.54, 1.807) is 0 Å². The van der Waals surface area contributed by atoms with Crippen LogP contribution in [0.15, 0.2) is 30.5 Å². The van der Waals surface area contributed by atoms with Gasteiger partial charge in [0, 0.05) is 30.2 Å². The second-order valence-electron chi connectivity index (χ2n) is 5.77. The molecule has 20 heavy (non-hydrogen) atoms. The summed E-state index contributed by atoms with van der Waals surface area (Å²) in [6.45, 7) is 7.98. The lowest BCUT2D eigenvalue weighted by Crippen LogP contribution is -2.21. The normalized spacial score (nSPS) is 11.6. The molecule has 0 spiro atoms. The van der Waals surface area contributed by atoms with Gasteiger partial charge in [-0.25, -0.2) is 0 Å². The number of benzene rings is 1. The molecule has 0 amide bonds. The van der Waals surface area contributed by atoms with Gasteiger partial charge in [-0.15, -0.1) is 0 Å². The quantitative estimate of drug-likeness (QED) is 0.694. The number of unbranched alkanes of at least 4 members (excludes halogenated alkanes) is 1. The first kappa shape index (κ1) is 15.1. The highest BCUT2D eigenvalue weighted by atomic mass is 15.1. The molecular formula is C18H28N2. The Bertz CT molecular complexity index is 527. The van der Waals surface area contributed by atoms with E-state index in [0.717, 1.165) is 19.5 Å². The Labute approximate surface area is 123 Å². The molecule has 1 heterocycles. The van der Waals surface area contributed by atoms with Crippen LogP contribution in [0.3, 0.4) is 0 Å². The van der Waals surface area contributed by atoms with E-state index in [1.807, 2.05) is 0 Å². The van der Waals surface area contributed by atoms with Gasteiger partial charge in [-0.3, -0.25) is 0 Å². The molecule has 0 atom stereocenters. The molecule has 1 aromatic heterocycles. The Hall–Kier alpha value is -1.28. The zero-order chi connectivity index (χ0) is 14.4. The predicted octanol–water partition coefficient (Wildman–Crippen LogP) is 4.33. The monoisotopic (exact) mass is 272 g/mol. The lowest BCUT2D eigenvalue weighted by Gasteiger charge is -2.14. The summed E-state index contributed by atoms with van der Waals surface area (Å²) >= 11 is 0. The van der Waals surface area contributed by atoms with Crippen molar-refractivity contribution < 1.29 is 0 Å². The van der Waals surface area contributed by atoms with Crippen LogP contribution in [-0.4, -0.2) is 29.6 Å². The third-order valence-corrected chi connectivity index (χ3v) is 3.99. The molecule has 2 rings (SSSR count). The Morgan fingerprint density at radius 2 is 1.85 bits per heavy atom. The average molecular weight is 272 g/mol. The summed E-state index contributed by atoms with van der Waals surface area (Å²) in [5.74, 6) is 0. The molecule has 0 unspecified atom stereocenters. The molecule has 0 fully saturated rings. The predicted molar refractivity (Wildman–Crippen MR) is 88.3 cm³/mol. The minimum Gasteiger partial charge on any atom is -0.347 e. The van der Waals surface area contributed by atoms with Gasteiger partial charge in [0.15, 0.2) is 0 Å². The van der Waals surface area contributed by atoms with E-state index in [4.69, 9.17) is 0 Å². The van der Waals surface area contributed by atoms with E-state index in [9.17, 15) is 0 Å². The summed E-state index contributed by atoms with van der Waals surface area (Å²) in [7, 11) is 2.22. The van der Waals surface area contributed by atoms with Crippen LogP contribution in [0.25, 0.3) is 10.9 Å². The van der Waals surface area contributed by atoms with Gasteiger partial charge in [0.25, 0.3) is 0 Å². The molecule has 0 saturated carbocycles. The fourth-order valence-corrected chi connectivity index (χ4v) is 2.84. The van der Waals surface area contributed by atoms with Crippen LogP contribution in [0.5, 0.6) is 0 Å². The Morgan fingerprint density at radius 3 is 2.60 bits per heavy atom. The number of hydrogen-bond donors (Lipinski definition) is 0. The summed E-state index contributed by atoms with van der Waals surface area (Å²) in [4.78, 5) is 2.43. The molecule has 110 valence electrons. The molecular weight excluding hydrogens is 244 g/mol. The first-order valence-electron chi connectivity index (χ1n) is 8.01. The minimum atomic E-state index is 1.14. The smallest absolute Gasteiger partial charge is 0.0483 e. The third kappa shape index (κ3) is 3.63. The molecule has 0 bridgehead atoms. The summed E-state index contributed by atoms with van der Waals surface area (Å²) in [5, 5.41) is 1.44. The number of fused-ring (bicyclic) bond motifs is 1. The van der Waals surface area contributed by atoms with E-state index < -0.39 is 0 Å². The lowest BCUT2D eigenvalue weighted by molar-refractivity contribution is 0.339. The van der Waals surface area contributed by atoms with E-state index in [0.29, 0.717) is 0 Å². The van der Waals surface area contributed by atoms with Crippen LogP contribution in [0.4, 0.5) is 0 Å². The highest BCUT2D eigenvalue weighted by Crippen LogP contribution is 2.22. The van der Waals surface area contributed by atoms with Crippen molar-refractivity contribution in [3.63, 3.8) is 0 Å². The molecule has 0 N–H and O–H groups in total. The summed E-state index contributed by atoms with van der Waals surface area (Å²) in [5.41, 5.74) is 2.90. The van der Waals surface area contributed by atoms with Gasteiger partial charge in [0.05, 0.1) is 0 Å². The zero-order valence-corrected chi connectivity index (χ0v) is 13.2. The topological polar surface area (TPSA) is 8.17 Å². The Balaban J connectivity index is 2.15. The van der Waals surface area contributed by atoms with Crippen molar-refractivity contribution in [2.24, 2.45) is 0 Å². The molecule has 2 nitrogen and oxygen atoms in total. The van der Waals surface area contributed by atoms with Crippen LogP contribution in [0.1, 0.15) is 38.7 Å². The van der Waals surface area contributed by atoms with Crippen molar-refractivity contribution >= 4 is 10.9 Å². The molecule has 0 saturated heterocycles. The molecule has 0 aliphatic rings. The van der Waals surface area contributed by atoms with Crippen LogP contribution in [-0.2, 0) is 13.0 Å². The van der Waals surface area contributed by atoms with Gasteiger partial charge in [0.2, 0.25) is 0 Å². The fourth-order valence-electron chi connectivity index (χ4n) is 2.84. The maximum atomic E-state index is 2.44. The van der Waals surface area contributed by atoms with Crippen molar-refractivity contribution in [1.29, 1.82) is 0 Å². The van der Waals surface area contributed by atoms with E-state index >= 15 is 0 Å². The standard InChI is InChI=1S/C18H28N2/c1-4-6-13-20-15-16(11-14-19(3)12-5-2)17-9-7-8-10-18(17)20/h7-10,15H,4-6,11-14H2,1-3H3. The van der Waals surface area contributed by atoms with Gasteiger partial charge in [-0.2, -0.15) is 0 Å². The van der Waals surface area contributed by atoms with Gasteiger partial charge in [-0.05, 0) is 44.5 Å². The number of nitrogens with zero attached hydrogens (tertiary/aromatic N) is 2. The number of aromatic nitrogens is 1. The summed E-state index contributed by atoms with van der Waals surface area (Å²) in [6.07, 6.45) is 7.26. The first-order valence-corrected chi connectivity index (χ1v) is 8.01. The van der Waals surface area contributed by atoms with Gasteiger partial charge in [0.1, 0.15) is 0 Å². The molecule has 0 aliphatic carbocycles. The third-order valence-electron chi connectivity index (χ3n) is 3.99. The van der Waals surface area contributed by atoms with Crippen molar-refractivity contribution in [2.75, 3.05) is 20.1 Å². The number of para-hydroxylation sites is 1. The Morgan fingerprint density at radius 1 is 1.05 bits per heavy atom. The van der Waals surface area contributed by atoms with Crippen molar-refractivity contribution in [2.45, 2.75) is 46.1 Å². The first-order chi connectivity index (χ1) is 9.76. The molecule has 0 aliphatic heterocycles. The van der Waals surface area contributed by atoms with Crippen molar-refractivity contribution in [3.05, 3.63) is 36.0 Å². The highest BCUT2D eigenvalue weighted by molar-refractivity contribution is 5.84. The van der Waals surface area contributed by atoms with E-state index in [1.165, 1.54) is 42.3 Å².